The van der Waals surface area contributed by atoms with Crippen LogP contribution in [-0.2, 0) is 14.9 Å². The van der Waals surface area contributed by atoms with Gasteiger partial charge in [0.15, 0.2) is 0 Å². The summed E-state index contributed by atoms with van der Waals surface area (Å²) in [5.74, 6) is -0.254. The normalized spacial score (nSPS) is 11.2. The molecular formula is C11H14BrNO2. The van der Waals surface area contributed by atoms with Gasteiger partial charge in [-0.15, -0.1) is 0 Å². The van der Waals surface area contributed by atoms with E-state index in [1.54, 1.807) is 20.8 Å². The van der Waals surface area contributed by atoms with Gasteiger partial charge >= 0.3 is 5.97 Å². The highest BCUT2D eigenvalue weighted by Crippen LogP contribution is 2.24. The van der Waals surface area contributed by atoms with Crippen LogP contribution in [0.1, 0.15) is 26.5 Å². The van der Waals surface area contributed by atoms with Gasteiger partial charge in [-0.3, -0.25) is 4.79 Å². The van der Waals surface area contributed by atoms with Gasteiger partial charge in [-0.2, -0.15) is 0 Å². The van der Waals surface area contributed by atoms with Crippen LogP contribution in [0.15, 0.2) is 22.8 Å². The minimum absolute atomic E-state index is 0.254. The topological polar surface area (TPSA) is 39.2 Å². The van der Waals surface area contributed by atoms with Crippen molar-refractivity contribution in [3.8, 4) is 0 Å². The van der Waals surface area contributed by atoms with Gasteiger partial charge in [0.05, 0.1) is 12.3 Å². The second kappa shape index (κ2) is 4.75. The molecule has 1 aromatic heterocycles. The van der Waals surface area contributed by atoms with Crippen molar-refractivity contribution >= 4 is 21.9 Å². The Balaban J connectivity index is 2.99. The van der Waals surface area contributed by atoms with Crippen LogP contribution in [0.2, 0.25) is 0 Å². The van der Waals surface area contributed by atoms with E-state index in [0.29, 0.717) is 12.3 Å². The maximum absolute atomic E-state index is 11.7. The summed E-state index contributed by atoms with van der Waals surface area (Å²) in [6.45, 7) is 5.79. The summed E-state index contributed by atoms with van der Waals surface area (Å²) in [5, 5.41) is 0. The lowest BCUT2D eigenvalue weighted by molar-refractivity contribution is -0.148. The van der Waals surface area contributed by atoms with Crippen molar-refractivity contribution in [2.45, 2.75) is 26.2 Å². The first kappa shape index (κ1) is 12.2. The number of halogens is 1. The monoisotopic (exact) mass is 271 g/mol. The smallest absolute Gasteiger partial charge is 0.317 e. The summed E-state index contributed by atoms with van der Waals surface area (Å²) < 4.78 is 5.73. The van der Waals surface area contributed by atoms with Gasteiger partial charge in [0.1, 0.15) is 10.0 Å². The van der Waals surface area contributed by atoms with E-state index in [2.05, 4.69) is 20.9 Å². The molecule has 82 valence electrons. The summed E-state index contributed by atoms with van der Waals surface area (Å²) in [6, 6.07) is 5.50. The number of hydrogen-bond acceptors (Lipinski definition) is 3. The lowest BCUT2D eigenvalue weighted by Crippen LogP contribution is -2.32. The lowest BCUT2D eigenvalue weighted by atomic mass is 9.89. The number of esters is 1. The second-order valence-electron chi connectivity index (χ2n) is 3.69. The van der Waals surface area contributed by atoms with Crippen molar-refractivity contribution in [3.05, 3.63) is 28.5 Å². The first-order valence-electron chi connectivity index (χ1n) is 4.78. The maximum Gasteiger partial charge on any atom is 0.317 e. The number of ether oxygens (including phenoxy) is 1. The molecule has 0 fully saturated rings. The number of pyridine rings is 1. The molecule has 0 amide bonds. The van der Waals surface area contributed by atoms with Gasteiger partial charge < -0.3 is 4.74 Å². The number of carbonyl (C=O) groups excluding carboxylic acids is 1. The van der Waals surface area contributed by atoms with Crippen LogP contribution in [0.25, 0.3) is 0 Å². The number of aromatic nitrogens is 1. The highest BCUT2D eigenvalue weighted by atomic mass is 79.9. The van der Waals surface area contributed by atoms with E-state index in [-0.39, 0.29) is 5.97 Å². The Labute approximate surface area is 98.0 Å². The third-order valence-electron chi connectivity index (χ3n) is 2.14. The molecule has 1 rings (SSSR count). The number of hydrogen-bond donors (Lipinski definition) is 0. The third-order valence-corrected chi connectivity index (χ3v) is 2.58. The van der Waals surface area contributed by atoms with Crippen molar-refractivity contribution in [2.24, 2.45) is 0 Å². The Morgan fingerprint density at radius 3 is 2.73 bits per heavy atom. The zero-order valence-electron chi connectivity index (χ0n) is 9.08. The highest BCUT2D eigenvalue weighted by Gasteiger charge is 2.32. The van der Waals surface area contributed by atoms with E-state index in [1.807, 2.05) is 18.2 Å². The molecule has 0 radical (unpaired) electrons. The first-order valence-corrected chi connectivity index (χ1v) is 5.58. The van der Waals surface area contributed by atoms with Gasteiger partial charge in [0, 0.05) is 0 Å². The van der Waals surface area contributed by atoms with Crippen molar-refractivity contribution in [1.29, 1.82) is 0 Å². The number of nitrogens with zero attached hydrogens (tertiary/aromatic N) is 1. The molecule has 1 heterocycles. The molecule has 0 saturated heterocycles. The van der Waals surface area contributed by atoms with E-state index < -0.39 is 5.41 Å². The molecule has 0 aliphatic carbocycles. The Morgan fingerprint density at radius 2 is 2.20 bits per heavy atom. The molecule has 0 aliphatic rings. The minimum atomic E-state index is -0.709. The van der Waals surface area contributed by atoms with Gasteiger partial charge in [-0.25, -0.2) is 4.98 Å². The SMILES string of the molecule is CCOC(=O)C(C)(C)c1cccc(Br)n1. The second-order valence-corrected chi connectivity index (χ2v) is 4.50. The molecule has 0 aromatic carbocycles. The fraction of sp³-hybridized carbons (Fsp3) is 0.455. The van der Waals surface area contributed by atoms with Crippen LogP contribution in [0.4, 0.5) is 0 Å². The third kappa shape index (κ3) is 2.78. The Kier molecular flexibility index (Phi) is 3.85. The molecule has 4 heteroatoms. The van der Waals surface area contributed by atoms with Gasteiger partial charge in [0.2, 0.25) is 0 Å². The fourth-order valence-corrected chi connectivity index (χ4v) is 1.52. The van der Waals surface area contributed by atoms with Gasteiger partial charge in [-0.05, 0) is 48.8 Å². The fourth-order valence-electron chi connectivity index (χ4n) is 1.17. The molecule has 15 heavy (non-hydrogen) atoms. The number of carbonyl (C=O) groups is 1. The molecule has 1 aromatic rings. The Morgan fingerprint density at radius 1 is 1.53 bits per heavy atom. The Hall–Kier alpha value is -0.900. The summed E-state index contributed by atoms with van der Waals surface area (Å²) in [4.78, 5) is 16.0. The van der Waals surface area contributed by atoms with E-state index in [1.165, 1.54) is 0 Å². The molecule has 0 N–H and O–H groups in total. The van der Waals surface area contributed by atoms with Crippen LogP contribution < -0.4 is 0 Å². The predicted octanol–water partition coefficient (Wildman–Crippen LogP) is 2.68. The molecule has 0 unspecified atom stereocenters. The molecule has 0 saturated carbocycles. The number of rotatable bonds is 3. The molecule has 3 nitrogen and oxygen atoms in total. The minimum Gasteiger partial charge on any atom is -0.465 e. The van der Waals surface area contributed by atoms with E-state index in [0.717, 1.165) is 4.60 Å². The molecule has 0 atom stereocenters. The Bertz CT molecular complexity index is 363. The predicted molar refractivity (Wildman–Crippen MR) is 61.6 cm³/mol. The summed E-state index contributed by atoms with van der Waals surface area (Å²) in [5.41, 5.74) is -0.00454. The zero-order valence-corrected chi connectivity index (χ0v) is 10.7. The van der Waals surface area contributed by atoms with Crippen molar-refractivity contribution in [3.63, 3.8) is 0 Å². The average Bonchev–Trinajstić information content (AvgIpc) is 2.18. The summed E-state index contributed by atoms with van der Waals surface area (Å²) in [6.07, 6.45) is 0. The van der Waals surface area contributed by atoms with Crippen LogP contribution in [0.5, 0.6) is 0 Å². The van der Waals surface area contributed by atoms with Crippen LogP contribution in [-0.4, -0.2) is 17.6 Å². The molecule has 0 aliphatic heterocycles. The molecule has 0 spiro atoms. The summed E-state index contributed by atoms with van der Waals surface area (Å²) in [7, 11) is 0. The van der Waals surface area contributed by atoms with Crippen molar-refractivity contribution < 1.29 is 9.53 Å². The average molecular weight is 272 g/mol. The van der Waals surface area contributed by atoms with Gasteiger partial charge in [-0.1, -0.05) is 6.07 Å². The molecule has 0 bridgehead atoms. The standard InChI is InChI=1S/C11H14BrNO2/c1-4-15-10(14)11(2,3)8-6-5-7-9(12)13-8/h5-7H,4H2,1-3H3. The van der Waals surface area contributed by atoms with Crippen LogP contribution >= 0.6 is 15.9 Å². The maximum atomic E-state index is 11.7. The lowest BCUT2D eigenvalue weighted by Gasteiger charge is -2.21. The van der Waals surface area contributed by atoms with E-state index in [9.17, 15) is 4.79 Å². The highest BCUT2D eigenvalue weighted by molar-refractivity contribution is 9.10. The summed E-state index contributed by atoms with van der Waals surface area (Å²) >= 11 is 3.28. The first-order chi connectivity index (χ1) is 6.98. The van der Waals surface area contributed by atoms with Crippen LogP contribution in [0, 0.1) is 0 Å². The quantitative estimate of drug-likeness (QED) is 0.627. The van der Waals surface area contributed by atoms with Crippen molar-refractivity contribution in [1.82, 2.24) is 4.98 Å². The molecular weight excluding hydrogens is 258 g/mol. The van der Waals surface area contributed by atoms with Crippen LogP contribution in [0.3, 0.4) is 0 Å². The van der Waals surface area contributed by atoms with Crippen molar-refractivity contribution in [2.75, 3.05) is 6.61 Å². The van der Waals surface area contributed by atoms with Gasteiger partial charge in [0.25, 0.3) is 0 Å². The zero-order chi connectivity index (χ0) is 11.5. The van der Waals surface area contributed by atoms with E-state index >= 15 is 0 Å². The van der Waals surface area contributed by atoms with E-state index in [4.69, 9.17) is 4.74 Å². The largest absolute Gasteiger partial charge is 0.465 e.